The Balaban J connectivity index is 0.00000144. The highest BCUT2D eigenvalue weighted by molar-refractivity contribution is 6.33. The van der Waals surface area contributed by atoms with E-state index >= 15 is 0 Å². The van der Waals surface area contributed by atoms with Gasteiger partial charge in [0, 0.05) is 6.07 Å². The van der Waals surface area contributed by atoms with Gasteiger partial charge in [0.05, 0.1) is 17.8 Å². The summed E-state index contributed by atoms with van der Waals surface area (Å²) in [7, 11) is 1.61. The van der Waals surface area contributed by atoms with Crippen LogP contribution in [0.3, 0.4) is 0 Å². The summed E-state index contributed by atoms with van der Waals surface area (Å²) >= 11 is 5.86. The van der Waals surface area contributed by atoms with Crippen molar-refractivity contribution in [3.8, 4) is 5.75 Å². The summed E-state index contributed by atoms with van der Waals surface area (Å²) in [6, 6.07) is 3.56. The second kappa shape index (κ2) is 5.17. The molecule has 0 saturated carbocycles. The quantitative estimate of drug-likeness (QED) is 0.597. The standard InChI is InChI=1S/C8H11ClN2O.ClH/c1-5-3-7(11-10)6(9)4-8(5)12-2;/h3-4,11H,10H2,1-2H3;1H. The van der Waals surface area contributed by atoms with E-state index in [-0.39, 0.29) is 12.4 Å². The first kappa shape index (κ1) is 12.4. The number of nitrogens with two attached hydrogens (primary N) is 1. The number of aryl methyl sites for hydroxylation is 1. The number of anilines is 1. The molecule has 3 nitrogen and oxygen atoms in total. The van der Waals surface area contributed by atoms with Gasteiger partial charge in [-0.25, -0.2) is 0 Å². The second-order valence-corrected chi connectivity index (χ2v) is 2.85. The number of nitrogen functional groups attached to an aromatic ring is 1. The molecule has 74 valence electrons. The van der Waals surface area contributed by atoms with Gasteiger partial charge in [0.25, 0.3) is 0 Å². The van der Waals surface area contributed by atoms with Crippen molar-refractivity contribution in [1.29, 1.82) is 0 Å². The molecule has 0 atom stereocenters. The second-order valence-electron chi connectivity index (χ2n) is 2.45. The van der Waals surface area contributed by atoms with Crippen LogP contribution in [0.4, 0.5) is 5.69 Å². The van der Waals surface area contributed by atoms with Crippen LogP contribution in [-0.4, -0.2) is 7.11 Å². The molecule has 5 heteroatoms. The predicted molar refractivity (Wildman–Crippen MR) is 57.8 cm³/mol. The van der Waals surface area contributed by atoms with Crippen LogP contribution in [0.1, 0.15) is 5.56 Å². The van der Waals surface area contributed by atoms with Crippen molar-refractivity contribution in [3.05, 3.63) is 22.7 Å². The van der Waals surface area contributed by atoms with Crippen LogP contribution in [0.15, 0.2) is 12.1 Å². The van der Waals surface area contributed by atoms with Gasteiger partial charge in [-0.3, -0.25) is 5.84 Å². The third-order valence-corrected chi connectivity index (χ3v) is 1.95. The lowest BCUT2D eigenvalue weighted by molar-refractivity contribution is 0.412. The molecule has 0 heterocycles. The van der Waals surface area contributed by atoms with E-state index in [1.165, 1.54) is 0 Å². The Hall–Kier alpha value is -0.640. The molecule has 1 rings (SSSR count). The molecule has 0 aliphatic rings. The van der Waals surface area contributed by atoms with Crippen molar-refractivity contribution >= 4 is 29.7 Å². The minimum absolute atomic E-state index is 0. The Labute approximate surface area is 88.6 Å². The average molecular weight is 223 g/mol. The van der Waals surface area contributed by atoms with Crippen molar-refractivity contribution in [3.63, 3.8) is 0 Å². The summed E-state index contributed by atoms with van der Waals surface area (Å²) in [6.07, 6.45) is 0. The largest absolute Gasteiger partial charge is 0.496 e. The van der Waals surface area contributed by atoms with E-state index in [0.29, 0.717) is 10.7 Å². The van der Waals surface area contributed by atoms with Crippen molar-refractivity contribution in [1.82, 2.24) is 0 Å². The maximum Gasteiger partial charge on any atom is 0.123 e. The number of methoxy groups -OCH3 is 1. The van der Waals surface area contributed by atoms with Crippen LogP contribution in [0.2, 0.25) is 5.02 Å². The zero-order chi connectivity index (χ0) is 9.14. The lowest BCUT2D eigenvalue weighted by Crippen LogP contribution is -2.07. The molecule has 0 unspecified atom stereocenters. The minimum Gasteiger partial charge on any atom is -0.496 e. The van der Waals surface area contributed by atoms with Crippen LogP contribution < -0.4 is 16.0 Å². The first-order valence-corrected chi connectivity index (χ1v) is 3.87. The zero-order valence-corrected chi connectivity index (χ0v) is 9.00. The van der Waals surface area contributed by atoms with Crippen LogP contribution >= 0.6 is 24.0 Å². The summed E-state index contributed by atoms with van der Waals surface area (Å²) in [5, 5.41) is 0.556. The molecule has 0 spiro atoms. The molecule has 13 heavy (non-hydrogen) atoms. The predicted octanol–water partition coefficient (Wildman–Crippen LogP) is 2.36. The number of hydrogen-bond donors (Lipinski definition) is 2. The number of hydrogen-bond acceptors (Lipinski definition) is 3. The van der Waals surface area contributed by atoms with E-state index in [1.54, 1.807) is 13.2 Å². The Kier molecular flexibility index (Phi) is 4.91. The average Bonchev–Trinajstić information content (AvgIpc) is 2.08. The maximum atomic E-state index is 5.86. The van der Waals surface area contributed by atoms with Gasteiger partial charge in [0.1, 0.15) is 5.75 Å². The van der Waals surface area contributed by atoms with Crippen LogP contribution in [0.25, 0.3) is 0 Å². The molecule has 0 fully saturated rings. The SMILES string of the molecule is COc1cc(Cl)c(NN)cc1C.Cl. The highest BCUT2D eigenvalue weighted by Gasteiger charge is 2.04. The van der Waals surface area contributed by atoms with E-state index < -0.39 is 0 Å². The number of rotatable bonds is 2. The summed E-state index contributed by atoms with van der Waals surface area (Å²) in [5.74, 6) is 6.00. The molecule has 0 amide bonds. The molecule has 1 aromatic rings. The fourth-order valence-corrected chi connectivity index (χ4v) is 1.20. The lowest BCUT2D eigenvalue weighted by atomic mass is 10.2. The summed E-state index contributed by atoms with van der Waals surface area (Å²) in [4.78, 5) is 0. The van der Waals surface area contributed by atoms with Gasteiger partial charge >= 0.3 is 0 Å². The molecule has 3 N–H and O–H groups in total. The smallest absolute Gasteiger partial charge is 0.123 e. The lowest BCUT2D eigenvalue weighted by Gasteiger charge is -2.08. The molecule has 0 bridgehead atoms. The van der Waals surface area contributed by atoms with Crippen LogP contribution in [-0.2, 0) is 0 Å². The van der Waals surface area contributed by atoms with E-state index in [4.69, 9.17) is 22.2 Å². The summed E-state index contributed by atoms with van der Waals surface area (Å²) in [6.45, 7) is 1.93. The first-order chi connectivity index (χ1) is 5.69. The number of benzene rings is 1. The molecule has 0 aliphatic heterocycles. The Morgan fingerprint density at radius 2 is 2.08 bits per heavy atom. The van der Waals surface area contributed by atoms with Gasteiger partial charge in [0.15, 0.2) is 0 Å². The van der Waals surface area contributed by atoms with Crippen LogP contribution in [0.5, 0.6) is 5.75 Å². The minimum atomic E-state index is 0. The molecule has 0 aromatic heterocycles. The van der Waals surface area contributed by atoms with Gasteiger partial charge in [-0.2, -0.15) is 0 Å². The molecular weight excluding hydrogens is 211 g/mol. The normalized spacial score (nSPS) is 8.92. The third-order valence-electron chi connectivity index (χ3n) is 1.64. The van der Waals surface area contributed by atoms with Crippen molar-refractivity contribution < 1.29 is 4.74 Å². The third kappa shape index (κ3) is 2.66. The van der Waals surface area contributed by atoms with Gasteiger partial charge in [0.2, 0.25) is 0 Å². The van der Waals surface area contributed by atoms with Crippen molar-refractivity contribution in [2.75, 3.05) is 12.5 Å². The van der Waals surface area contributed by atoms with Crippen molar-refractivity contribution in [2.45, 2.75) is 6.92 Å². The number of hydrazine groups is 1. The van der Waals surface area contributed by atoms with E-state index in [1.807, 2.05) is 13.0 Å². The first-order valence-electron chi connectivity index (χ1n) is 3.49. The molecule has 1 aromatic carbocycles. The maximum absolute atomic E-state index is 5.86. The number of ether oxygens (including phenoxy) is 1. The Bertz CT molecular complexity index is 262. The Morgan fingerprint density at radius 1 is 1.46 bits per heavy atom. The van der Waals surface area contributed by atoms with Gasteiger partial charge < -0.3 is 10.2 Å². The molecule has 0 aliphatic carbocycles. The molecule has 0 radical (unpaired) electrons. The number of nitrogens with one attached hydrogen (secondary N) is 1. The molecular formula is C8H12Cl2N2O. The van der Waals surface area contributed by atoms with E-state index in [0.717, 1.165) is 11.3 Å². The summed E-state index contributed by atoms with van der Waals surface area (Å²) in [5.41, 5.74) is 4.20. The fraction of sp³-hybridized carbons (Fsp3) is 0.250. The highest BCUT2D eigenvalue weighted by Crippen LogP contribution is 2.29. The van der Waals surface area contributed by atoms with Gasteiger partial charge in [-0.1, -0.05) is 11.6 Å². The fourth-order valence-electron chi connectivity index (χ4n) is 0.994. The monoisotopic (exact) mass is 222 g/mol. The van der Waals surface area contributed by atoms with E-state index in [2.05, 4.69) is 5.43 Å². The van der Waals surface area contributed by atoms with Gasteiger partial charge in [-0.15, -0.1) is 12.4 Å². The molecule has 0 saturated heterocycles. The van der Waals surface area contributed by atoms with Crippen molar-refractivity contribution in [2.24, 2.45) is 5.84 Å². The zero-order valence-electron chi connectivity index (χ0n) is 7.43. The highest BCUT2D eigenvalue weighted by atomic mass is 35.5. The topological polar surface area (TPSA) is 47.3 Å². The van der Waals surface area contributed by atoms with Gasteiger partial charge in [-0.05, 0) is 18.6 Å². The number of halogens is 2. The summed E-state index contributed by atoms with van der Waals surface area (Å²) < 4.78 is 5.07. The van der Waals surface area contributed by atoms with Crippen LogP contribution in [0, 0.1) is 6.92 Å². The Morgan fingerprint density at radius 3 is 2.54 bits per heavy atom. The van der Waals surface area contributed by atoms with E-state index in [9.17, 15) is 0 Å².